The number of nitrogens with zero attached hydrogens (tertiary/aromatic N) is 3. The van der Waals surface area contributed by atoms with Crippen molar-refractivity contribution in [3.05, 3.63) is 23.2 Å². The molecule has 2 aromatic heterocycles. The molecular weight excluding hydrogens is 204 g/mol. The zero-order chi connectivity index (χ0) is 9.10. The van der Waals surface area contributed by atoms with Gasteiger partial charge in [-0.15, -0.1) is 11.3 Å². The van der Waals surface area contributed by atoms with Crippen molar-refractivity contribution in [2.75, 3.05) is 0 Å². The number of rotatable bonds is 3. The van der Waals surface area contributed by atoms with E-state index in [-0.39, 0.29) is 0 Å². The highest BCUT2D eigenvalue weighted by Crippen LogP contribution is 2.22. The van der Waals surface area contributed by atoms with E-state index in [1.54, 1.807) is 29.3 Å². The van der Waals surface area contributed by atoms with Crippen LogP contribution in [0.2, 0.25) is 0 Å². The molecule has 0 saturated carbocycles. The molecule has 13 heavy (non-hydrogen) atoms. The van der Waals surface area contributed by atoms with Crippen molar-refractivity contribution in [3.8, 4) is 0 Å². The summed E-state index contributed by atoms with van der Waals surface area (Å²) in [6.07, 6.45) is 1.80. The van der Waals surface area contributed by atoms with E-state index >= 15 is 0 Å². The second-order valence-corrected chi connectivity index (χ2v) is 4.54. The highest BCUT2D eigenvalue weighted by atomic mass is 32.2. The zero-order valence-electron chi connectivity index (χ0n) is 7.02. The SMILES string of the molecule is Cc1nc(CSc2nccs2)n[nH]1. The first kappa shape index (κ1) is 8.71. The monoisotopic (exact) mass is 212 g/mol. The van der Waals surface area contributed by atoms with Gasteiger partial charge in [0.2, 0.25) is 0 Å². The molecule has 0 fully saturated rings. The summed E-state index contributed by atoms with van der Waals surface area (Å²) in [6, 6.07) is 0. The number of aromatic amines is 1. The number of hydrogen-bond donors (Lipinski definition) is 1. The van der Waals surface area contributed by atoms with E-state index in [1.807, 2.05) is 12.3 Å². The molecule has 0 aliphatic carbocycles. The molecule has 0 spiro atoms. The van der Waals surface area contributed by atoms with Crippen molar-refractivity contribution in [1.29, 1.82) is 0 Å². The fourth-order valence-electron chi connectivity index (χ4n) is 0.861. The van der Waals surface area contributed by atoms with Crippen molar-refractivity contribution >= 4 is 23.1 Å². The minimum absolute atomic E-state index is 0.776. The quantitative estimate of drug-likeness (QED) is 0.789. The van der Waals surface area contributed by atoms with Gasteiger partial charge in [0.05, 0.1) is 5.75 Å². The van der Waals surface area contributed by atoms with E-state index in [4.69, 9.17) is 0 Å². The average molecular weight is 212 g/mol. The van der Waals surface area contributed by atoms with Gasteiger partial charge in [0.25, 0.3) is 0 Å². The van der Waals surface area contributed by atoms with Gasteiger partial charge >= 0.3 is 0 Å². The molecule has 1 N–H and O–H groups in total. The van der Waals surface area contributed by atoms with Crippen LogP contribution in [0.25, 0.3) is 0 Å². The Morgan fingerprint density at radius 1 is 1.62 bits per heavy atom. The van der Waals surface area contributed by atoms with Crippen LogP contribution in [0.5, 0.6) is 0 Å². The molecule has 0 atom stereocenters. The summed E-state index contributed by atoms with van der Waals surface area (Å²) in [5.74, 6) is 2.46. The van der Waals surface area contributed by atoms with Gasteiger partial charge in [-0.3, -0.25) is 5.10 Å². The fourth-order valence-corrected chi connectivity index (χ4v) is 2.35. The highest BCUT2D eigenvalue weighted by molar-refractivity contribution is 8.00. The first-order valence-electron chi connectivity index (χ1n) is 3.75. The number of aromatic nitrogens is 4. The molecular formula is C7H8N4S2. The van der Waals surface area contributed by atoms with Crippen molar-refractivity contribution < 1.29 is 0 Å². The first-order chi connectivity index (χ1) is 6.34. The lowest BCUT2D eigenvalue weighted by molar-refractivity contribution is 1.01. The Bertz CT molecular complexity index is 368. The van der Waals surface area contributed by atoms with E-state index in [0.717, 1.165) is 21.7 Å². The van der Waals surface area contributed by atoms with Crippen molar-refractivity contribution in [2.24, 2.45) is 0 Å². The van der Waals surface area contributed by atoms with Crippen LogP contribution in [-0.2, 0) is 5.75 Å². The number of aryl methyl sites for hydroxylation is 1. The second-order valence-electron chi connectivity index (χ2n) is 2.42. The number of nitrogens with one attached hydrogen (secondary N) is 1. The lowest BCUT2D eigenvalue weighted by Gasteiger charge is -1.90. The van der Waals surface area contributed by atoms with Gasteiger partial charge in [-0.05, 0) is 6.92 Å². The van der Waals surface area contributed by atoms with Crippen LogP contribution in [0.1, 0.15) is 11.6 Å². The standard InChI is InChI=1S/C7H8N4S2/c1-5-9-6(11-10-5)4-13-7-8-2-3-12-7/h2-3H,4H2,1H3,(H,9,10,11). The molecule has 2 rings (SSSR count). The Kier molecular flexibility index (Phi) is 2.60. The van der Waals surface area contributed by atoms with Crippen LogP contribution in [0.4, 0.5) is 0 Å². The smallest absolute Gasteiger partial charge is 0.160 e. The van der Waals surface area contributed by atoms with Gasteiger partial charge in [0.15, 0.2) is 5.82 Å². The molecule has 0 aromatic carbocycles. The van der Waals surface area contributed by atoms with Gasteiger partial charge < -0.3 is 0 Å². The molecule has 0 aliphatic heterocycles. The van der Waals surface area contributed by atoms with Crippen molar-refractivity contribution in [1.82, 2.24) is 20.2 Å². The average Bonchev–Trinajstić information content (AvgIpc) is 2.71. The highest BCUT2D eigenvalue weighted by Gasteiger charge is 2.02. The number of thiazole rings is 1. The first-order valence-corrected chi connectivity index (χ1v) is 5.61. The topological polar surface area (TPSA) is 54.5 Å². The van der Waals surface area contributed by atoms with E-state index in [2.05, 4.69) is 20.2 Å². The third kappa shape index (κ3) is 2.28. The summed E-state index contributed by atoms with van der Waals surface area (Å²) in [5.41, 5.74) is 0. The third-order valence-corrected chi connectivity index (χ3v) is 3.34. The molecule has 0 bridgehead atoms. The Labute approximate surface area is 83.8 Å². The predicted octanol–water partition coefficient (Wildman–Crippen LogP) is 1.86. The largest absolute Gasteiger partial charge is 0.263 e. The third-order valence-electron chi connectivity index (χ3n) is 1.38. The summed E-state index contributed by atoms with van der Waals surface area (Å²) in [4.78, 5) is 8.35. The Morgan fingerprint density at radius 3 is 3.15 bits per heavy atom. The van der Waals surface area contributed by atoms with Gasteiger partial charge in [0.1, 0.15) is 10.2 Å². The number of thioether (sulfide) groups is 1. The summed E-state index contributed by atoms with van der Waals surface area (Å²) >= 11 is 3.29. The molecule has 0 aliphatic rings. The lowest BCUT2D eigenvalue weighted by atomic mass is 10.7. The van der Waals surface area contributed by atoms with Crippen molar-refractivity contribution in [3.63, 3.8) is 0 Å². The van der Waals surface area contributed by atoms with Gasteiger partial charge in [-0.25, -0.2) is 9.97 Å². The maximum atomic E-state index is 4.20. The summed E-state index contributed by atoms with van der Waals surface area (Å²) in [7, 11) is 0. The summed E-state index contributed by atoms with van der Waals surface area (Å²) in [5, 5.41) is 8.81. The molecule has 68 valence electrons. The normalized spacial score (nSPS) is 10.5. The Balaban J connectivity index is 1.93. The molecule has 0 amide bonds. The van der Waals surface area contributed by atoms with E-state index < -0.39 is 0 Å². The van der Waals surface area contributed by atoms with Crippen molar-refractivity contribution in [2.45, 2.75) is 17.0 Å². The number of H-pyrrole nitrogens is 1. The molecule has 0 saturated heterocycles. The second kappa shape index (κ2) is 3.89. The predicted molar refractivity (Wildman–Crippen MR) is 52.8 cm³/mol. The van der Waals surface area contributed by atoms with Crippen LogP contribution in [0, 0.1) is 6.92 Å². The summed E-state index contributed by atoms with van der Waals surface area (Å²) < 4.78 is 1.06. The lowest BCUT2D eigenvalue weighted by Crippen LogP contribution is -1.83. The fraction of sp³-hybridized carbons (Fsp3) is 0.286. The zero-order valence-corrected chi connectivity index (χ0v) is 8.65. The van der Waals surface area contributed by atoms with Crippen LogP contribution >= 0.6 is 23.1 Å². The molecule has 2 heterocycles. The van der Waals surface area contributed by atoms with Gasteiger partial charge in [-0.2, -0.15) is 5.10 Å². The van der Waals surface area contributed by atoms with E-state index in [9.17, 15) is 0 Å². The Morgan fingerprint density at radius 2 is 2.54 bits per heavy atom. The number of hydrogen-bond acceptors (Lipinski definition) is 5. The van der Waals surface area contributed by atoms with E-state index in [1.165, 1.54) is 0 Å². The maximum Gasteiger partial charge on any atom is 0.160 e. The van der Waals surface area contributed by atoms with E-state index in [0.29, 0.717) is 0 Å². The maximum absolute atomic E-state index is 4.20. The minimum Gasteiger partial charge on any atom is -0.263 e. The molecule has 4 nitrogen and oxygen atoms in total. The van der Waals surface area contributed by atoms with Crippen LogP contribution in [0.3, 0.4) is 0 Å². The van der Waals surface area contributed by atoms with Gasteiger partial charge in [-0.1, -0.05) is 11.8 Å². The molecule has 2 aromatic rings. The summed E-state index contributed by atoms with van der Waals surface area (Å²) in [6.45, 7) is 1.89. The van der Waals surface area contributed by atoms with Crippen LogP contribution < -0.4 is 0 Å². The minimum atomic E-state index is 0.776. The van der Waals surface area contributed by atoms with Crippen LogP contribution in [0.15, 0.2) is 15.9 Å². The Hall–Kier alpha value is -0.880. The molecule has 0 radical (unpaired) electrons. The molecule has 6 heteroatoms. The van der Waals surface area contributed by atoms with Crippen LogP contribution in [-0.4, -0.2) is 20.2 Å². The molecule has 0 unspecified atom stereocenters. The van der Waals surface area contributed by atoms with Gasteiger partial charge in [0, 0.05) is 11.6 Å².